The van der Waals surface area contributed by atoms with Crippen LogP contribution in [-0.4, -0.2) is 29.9 Å². The molecule has 0 saturated heterocycles. The van der Waals surface area contributed by atoms with E-state index in [1.165, 1.54) is 0 Å². The third kappa shape index (κ3) is 2.47. The topological polar surface area (TPSA) is 32.3 Å². The molecule has 17 heavy (non-hydrogen) atoms. The Bertz CT molecular complexity index is 408. The number of nitrogens with one attached hydrogen (secondary N) is 1. The van der Waals surface area contributed by atoms with Crippen LogP contribution in [0.15, 0.2) is 24.3 Å². The number of carbonyl (C=O) groups is 1. The number of amides is 1. The lowest BCUT2D eigenvalue weighted by Gasteiger charge is -2.34. The van der Waals surface area contributed by atoms with Crippen LogP contribution in [0, 0.1) is 0 Å². The molecule has 1 unspecified atom stereocenters. The minimum absolute atomic E-state index is 0.0678. The molecule has 0 spiro atoms. The Morgan fingerprint density at radius 2 is 2.24 bits per heavy atom. The van der Waals surface area contributed by atoms with Gasteiger partial charge < -0.3 is 4.90 Å². The molecule has 1 aliphatic rings. The van der Waals surface area contributed by atoms with E-state index in [4.69, 9.17) is 0 Å². The molecule has 1 amide bonds. The molecule has 0 saturated carbocycles. The van der Waals surface area contributed by atoms with Gasteiger partial charge in [-0.1, -0.05) is 18.2 Å². The quantitative estimate of drug-likeness (QED) is 0.640. The summed E-state index contributed by atoms with van der Waals surface area (Å²) in [6, 6.07) is 7.90. The molecule has 2 rings (SSSR count). The summed E-state index contributed by atoms with van der Waals surface area (Å²) in [5, 5.41) is 0. The maximum Gasteiger partial charge on any atom is 0.254 e. The second-order valence-corrected chi connectivity index (χ2v) is 4.45. The summed E-state index contributed by atoms with van der Waals surface area (Å²) in [4.78, 5) is 14.1. The molecule has 1 aliphatic heterocycles. The van der Waals surface area contributed by atoms with Gasteiger partial charge in [0.1, 0.15) is 0 Å². The minimum Gasteiger partial charge on any atom is -0.336 e. The SMILES string of the molecule is CC1Cc2ccccc2C(=O)N1CCCNF. The lowest BCUT2D eigenvalue weighted by atomic mass is 9.94. The third-order valence-electron chi connectivity index (χ3n) is 3.23. The summed E-state index contributed by atoms with van der Waals surface area (Å²) in [6.07, 6.45) is 1.51. The van der Waals surface area contributed by atoms with Crippen LogP contribution in [0.2, 0.25) is 0 Å². The smallest absolute Gasteiger partial charge is 0.254 e. The van der Waals surface area contributed by atoms with Gasteiger partial charge in [-0.25, -0.2) is 0 Å². The van der Waals surface area contributed by atoms with E-state index in [1.807, 2.05) is 36.1 Å². The average Bonchev–Trinajstić information content (AvgIpc) is 2.33. The Labute approximate surface area is 101 Å². The summed E-state index contributed by atoms with van der Waals surface area (Å²) >= 11 is 0. The number of halogens is 1. The second-order valence-electron chi connectivity index (χ2n) is 4.45. The number of benzene rings is 1. The first-order chi connectivity index (χ1) is 8.24. The highest BCUT2D eigenvalue weighted by Gasteiger charge is 2.28. The van der Waals surface area contributed by atoms with Gasteiger partial charge in [-0.2, -0.15) is 5.54 Å². The normalized spacial score (nSPS) is 19.3. The Morgan fingerprint density at radius 1 is 1.47 bits per heavy atom. The summed E-state index contributed by atoms with van der Waals surface area (Å²) in [5.74, 6) is 0.0678. The zero-order valence-corrected chi connectivity index (χ0v) is 9.95. The lowest BCUT2D eigenvalue weighted by Crippen LogP contribution is -2.44. The minimum atomic E-state index is 0.0678. The van der Waals surface area contributed by atoms with Crippen LogP contribution in [0.3, 0.4) is 0 Å². The fourth-order valence-electron chi connectivity index (χ4n) is 2.33. The summed E-state index contributed by atoms with van der Waals surface area (Å²) in [5.41, 5.74) is 3.52. The van der Waals surface area contributed by atoms with Gasteiger partial charge in [-0.05, 0) is 31.4 Å². The molecule has 4 heteroatoms. The van der Waals surface area contributed by atoms with Crippen molar-refractivity contribution in [3.8, 4) is 0 Å². The molecule has 0 bridgehead atoms. The number of hydrogen-bond acceptors (Lipinski definition) is 2. The lowest BCUT2D eigenvalue weighted by molar-refractivity contribution is 0.0661. The van der Waals surface area contributed by atoms with Crippen LogP contribution in [0.1, 0.15) is 29.3 Å². The first-order valence-corrected chi connectivity index (χ1v) is 5.96. The van der Waals surface area contributed by atoms with Crippen molar-refractivity contribution < 1.29 is 9.28 Å². The first-order valence-electron chi connectivity index (χ1n) is 5.96. The molecule has 1 heterocycles. The molecular formula is C13H17FN2O. The van der Waals surface area contributed by atoms with Gasteiger partial charge in [0.15, 0.2) is 0 Å². The third-order valence-corrected chi connectivity index (χ3v) is 3.23. The largest absolute Gasteiger partial charge is 0.336 e. The molecule has 1 atom stereocenters. The van der Waals surface area contributed by atoms with Gasteiger partial charge in [0, 0.05) is 24.7 Å². The molecule has 0 fully saturated rings. The van der Waals surface area contributed by atoms with E-state index in [-0.39, 0.29) is 18.5 Å². The van der Waals surface area contributed by atoms with E-state index < -0.39 is 0 Å². The molecule has 0 aromatic heterocycles. The molecular weight excluding hydrogens is 219 g/mol. The van der Waals surface area contributed by atoms with Crippen LogP contribution in [0.25, 0.3) is 0 Å². The van der Waals surface area contributed by atoms with Crippen molar-refractivity contribution in [2.45, 2.75) is 25.8 Å². The Balaban J connectivity index is 2.13. The monoisotopic (exact) mass is 236 g/mol. The maximum absolute atomic E-state index is 12.2. The van der Waals surface area contributed by atoms with Gasteiger partial charge in [0.25, 0.3) is 5.91 Å². The van der Waals surface area contributed by atoms with E-state index in [2.05, 4.69) is 0 Å². The van der Waals surface area contributed by atoms with E-state index in [0.717, 1.165) is 17.5 Å². The molecule has 1 N–H and O–H groups in total. The van der Waals surface area contributed by atoms with Crippen molar-refractivity contribution in [2.75, 3.05) is 13.1 Å². The molecule has 92 valence electrons. The van der Waals surface area contributed by atoms with Crippen LogP contribution in [0.4, 0.5) is 4.48 Å². The highest BCUT2D eigenvalue weighted by molar-refractivity contribution is 5.97. The van der Waals surface area contributed by atoms with Crippen LogP contribution >= 0.6 is 0 Å². The van der Waals surface area contributed by atoms with E-state index in [0.29, 0.717) is 13.0 Å². The average molecular weight is 236 g/mol. The van der Waals surface area contributed by atoms with Crippen molar-refractivity contribution in [3.05, 3.63) is 35.4 Å². The van der Waals surface area contributed by atoms with Crippen LogP contribution in [0.5, 0.6) is 0 Å². The number of carbonyl (C=O) groups excluding carboxylic acids is 1. The van der Waals surface area contributed by atoms with E-state index >= 15 is 0 Å². The maximum atomic E-state index is 12.2. The van der Waals surface area contributed by atoms with Crippen molar-refractivity contribution in [2.24, 2.45) is 0 Å². The number of nitrogens with zero attached hydrogens (tertiary/aromatic N) is 1. The van der Waals surface area contributed by atoms with Crippen LogP contribution < -0.4 is 5.54 Å². The molecule has 3 nitrogen and oxygen atoms in total. The highest BCUT2D eigenvalue weighted by Crippen LogP contribution is 2.22. The van der Waals surface area contributed by atoms with Gasteiger partial charge in [-0.15, -0.1) is 4.48 Å². The molecule has 1 aromatic carbocycles. The molecule has 0 aliphatic carbocycles. The zero-order chi connectivity index (χ0) is 12.3. The van der Waals surface area contributed by atoms with Crippen molar-refractivity contribution in [1.29, 1.82) is 0 Å². The standard InChI is InChI=1S/C13H17FN2O/c1-10-9-11-5-2-3-6-12(11)13(17)16(10)8-4-7-15-14/h2-3,5-6,10,15H,4,7-9H2,1H3. The number of fused-ring (bicyclic) bond motifs is 1. The summed E-state index contributed by atoms with van der Waals surface area (Å²) in [6.45, 7) is 2.93. The predicted octanol–water partition coefficient (Wildman–Crippen LogP) is 1.94. The zero-order valence-electron chi connectivity index (χ0n) is 9.95. The van der Waals surface area contributed by atoms with Gasteiger partial charge in [-0.3, -0.25) is 4.79 Å². The van der Waals surface area contributed by atoms with Crippen molar-refractivity contribution >= 4 is 5.91 Å². The van der Waals surface area contributed by atoms with E-state index in [9.17, 15) is 9.28 Å². The Kier molecular flexibility index (Phi) is 3.74. The second kappa shape index (κ2) is 5.27. The Morgan fingerprint density at radius 3 is 3.00 bits per heavy atom. The van der Waals surface area contributed by atoms with Gasteiger partial charge in [0.05, 0.1) is 0 Å². The fraction of sp³-hybridized carbons (Fsp3) is 0.462. The number of rotatable bonds is 4. The van der Waals surface area contributed by atoms with Gasteiger partial charge >= 0.3 is 0 Å². The van der Waals surface area contributed by atoms with Crippen molar-refractivity contribution in [3.63, 3.8) is 0 Å². The summed E-state index contributed by atoms with van der Waals surface area (Å²) < 4.78 is 11.8. The fourth-order valence-corrected chi connectivity index (χ4v) is 2.33. The molecule has 1 aromatic rings. The number of hydrogen-bond donors (Lipinski definition) is 1. The summed E-state index contributed by atoms with van der Waals surface area (Å²) in [7, 11) is 0. The van der Waals surface area contributed by atoms with Gasteiger partial charge in [0.2, 0.25) is 0 Å². The van der Waals surface area contributed by atoms with Crippen molar-refractivity contribution in [1.82, 2.24) is 10.4 Å². The molecule has 0 radical (unpaired) electrons. The van der Waals surface area contributed by atoms with E-state index in [1.54, 1.807) is 5.54 Å². The Hall–Kier alpha value is -1.42. The first kappa shape index (κ1) is 12.0. The predicted molar refractivity (Wildman–Crippen MR) is 64.4 cm³/mol. The highest BCUT2D eigenvalue weighted by atomic mass is 19.2. The van der Waals surface area contributed by atoms with Crippen LogP contribution in [-0.2, 0) is 6.42 Å².